The van der Waals surface area contributed by atoms with E-state index < -0.39 is 24.1 Å². The van der Waals surface area contributed by atoms with Crippen molar-refractivity contribution in [3.05, 3.63) is 0 Å². The summed E-state index contributed by atoms with van der Waals surface area (Å²) in [6.07, 6.45) is -2.46. The quantitative estimate of drug-likeness (QED) is 0.433. The summed E-state index contributed by atoms with van der Waals surface area (Å²) in [4.78, 5) is 18.9. The van der Waals surface area contributed by atoms with Crippen molar-refractivity contribution in [3.8, 4) is 0 Å². The SMILES string of the molecule is CC(O)C(=O)O.C[C@H](O)C(=O)O.[Ca+2].[Ca+2]. The number of rotatable bonds is 2. The Morgan fingerprint density at radius 2 is 0.929 bits per heavy atom. The maximum atomic E-state index is 9.45. The Hall–Kier alpha value is 1.38. The third kappa shape index (κ3) is 23.3. The first kappa shape index (κ1) is 24.6. The minimum Gasteiger partial charge on any atom is -0.479 e. The molecule has 0 aliphatic carbocycles. The Morgan fingerprint density at radius 3 is 0.929 bits per heavy atom. The smallest absolute Gasteiger partial charge is 0.479 e. The fourth-order valence-electron chi connectivity index (χ4n) is 0. The van der Waals surface area contributed by atoms with Gasteiger partial charge in [-0.25, -0.2) is 9.59 Å². The van der Waals surface area contributed by atoms with Crippen molar-refractivity contribution in [3.63, 3.8) is 0 Å². The van der Waals surface area contributed by atoms with Crippen LogP contribution in [0.3, 0.4) is 0 Å². The van der Waals surface area contributed by atoms with Crippen molar-refractivity contribution in [1.82, 2.24) is 0 Å². The number of carbonyl (C=O) groups is 2. The molecule has 0 bridgehead atoms. The third-order valence-corrected chi connectivity index (χ3v) is 0.715. The third-order valence-electron chi connectivity index (χ3n) is 0.715. The van der Waals surface area contributed by atoms with Gasteiger partial charge in [-0.2, -0.15) is 0 Å². The summed E-state index contributed by atoms with van der Waals surface area (Å²) in [5.41, 5.74) is 0. The van der Waals surface area contributed by atoms with Crippen LogP contribution in [0.4, 0.5) is 0 Å². The Balaban J connectivity index is -0.0000000625. The summed E-state index contributed by atoms with van der Waals surface area (Å²) in [6, 6.07) is 0. The summed E-state index contributed by atoms with van der Waals surface area (Å²) >= 11 is 0. The minimum absolute atomic E-state index is 0. The van der Waals surface area contributed by atoms with Gasteiger partial charge in [0, 0.05) is 0 Å². The van der Waals surface area contributed by atoms with E-state index in [4.69, 9.17) is 20.4 Å². The molecule has 0 radical (unpaired) electrons. The van der Waals surface area contributed by atoms with Crippen LogP contribution in [-0.4, -0.2) is 120 Å². The molecular formula is C6H12Ca2O6+4. The van der Waals surface area contributed by atoms with E-state index in [9.17, 15) is 9.59 Å². The van der Waals surface area contributed by atoms with E-state index in [0.717, 1.165) is 0 Å². The zero-order valence-corrected chi connectivity index (χ0v) is 12.6. The molecule has 0 saturated heterocycles. The molecule has 0 spiro atoms. The molecule has 0 saturated carbocycles. The van der Waals surface area contributed by atoms with Gasteiger partial charge in [0.25, 0.3) is 0 Å². The van der Waals surface area contributed by atoms with Gasteiger partial charge in [0.2, 0.25) is 0 Å². The van der Waals surface area contributed by atoms with Gasteiger partial charge in [0.05, 0.1) is 0 Å². The van der Waals surface area contributed by atoms with E-state index in [0.29, 0.717) is 0 Å². The van der Waals surface area contributed by atoms with E-state index in [2.05, 4.69) is 0 Å². The maximum absolute atomic E-state index is 9.45. The van der Waals surface area contributed by atoms with Crippen molar-refractivity contribution >= 4 is 87.4 Å². The number of aliphatic hydroxyl groups excluding tert-OH is 2. The molecule has 0 rings (SSSR count). The number of hydrogen-bond donors (Lipinski definition) is 4. The standard InChI is InChI=1S/2C3H6O3.2Ca/c2*1-2(4)3(5)6;;/h2*2,4H,1H3,(H,5,6);;/q;;2*+2/t2-;;;/m0.../s1. The van der Waals surface area contributed by atoms with Crippen LogP contribution in [0.25, 0.3) is 0 Å². The Kier molecular flexibility index (Phi) is 25.2. The molecule has 0 aliphatic heterocycles. The largest absolute Gasteiger partial charge is 2.00 e. The van der Waals surface area contributed by atoms with Gasteiger partial charge < -0.3 is 20.4 Å². The Morgan fingerprint density at radius 1 is 0.857 bits per heavy atom. The first-order chi connectivity index (χ1) is 5.29. The normalized spacial score (nSPS) is 11.7. The van der Waals surface area contributed by atoms with E-state index in [1.165, 1.54) is 13.8 Å². The van der Waals surface area contributed by atoms with Gasteiger partial charge in [0.1, 0.15) is 12.2 Å². The summed E-state index contributed by atoms with van der Waals surface area (Å²) < 4.78 is 0. The van der Waals surface area contributed by atoms with Crippen molar-refractivity contribution < 1.29 is 30.0 Å². The second-order valence-corrected chi connectivity index (χ2v) is 2.03. The molecule has 0 aromatic heterocycles. The van der Waals surface area contributed by atoms with Crippen molar-refractivity contribution in [1.29, 1.82) is 0 Å². The molecule has 0 aromatic rings. The van der Waals surface area contributed by atoms with E-state index >= 15 is 0 Å². The molecule has 0 amide bonds. The molecule has 0 aromatic carbocycles. The van der Waals surface area contributed by atoms with Gasteiger partial charge >= 0.3 is 87.4 Å². The number of aliphatic carboxylic acids is 2. The molecule has 6 nitrogen and oxygen atoms in total. The van der Waals surface area contributed by atoms with Crippen LogP contribution in [0.5, 0.6) is 0 Å². The minimum atomic E-state index is -1.23. The van der Waals surface area contributed by atoms with Crippen LogP contribution in [0.1, 0.15) is 13.8 Å². The molecule has 4 N–H and O–H groups in total. The first-order valence-corrected chi connectivity index (χ1v) is 3.10. The second kappa shape index (κ2) is 14.4. The number of carboxylic acid groups (broad SMARTS) is 2. The molecule has 1 unspecified atom stereocenters. The molecular weight excluding hydrogens is 248 g/mol. The van der Waals surface area contributed by atoms with Gasteiger partial charge in [-0.15, -0.1) is 0 Å². The zero-order valence-electron chi connectivity index (χ0n) is 8.17. The topological polar surface area (TPSA) is 115 Å². The van der Waals surface area contributed by atoms with Gasteiger partial charge in [-0.1, -0.05) is 0 Å². The maximum Gasteiger partial charge on any atom is 2.00 e. The van der Waals surface area contributed by atoms with Crippen molar-refractivity contribution in [2.24, 2.45) is 0 Å². The molecule has 8 heteroatoms. The Bertz CT molecular complexity index is 140. The van der Waals surface area contributed by atoms with Crippen molar-refractivity contribution in [2.45, 2.75) is 26.1 Å². The number of carboxylic acids is 2. The molecule has 72 valence electrons. The molecule has 0 heterocycles. The number of hydrogen-bond acceptors (Lipinski definition) is 4. The number of aliphatic hydroxyl groups is 2. The van der Waals surface area contributed by atoms with Crippen LogP contribution in [0, 0.1) is 0 Å². The summed E-state index contributed by atoms with van der Waals surface area (Å²) in [7, 11) is 0. The van der Waals surface area contributed by atoms with Crippen LogP contribution < -0.4 is 0 Å². The predicted molar refractivity (Wildman–Crippen MR) is 50.1 cm³/mol. The Labute approximate surface area is 141 Å². The van der Waals surface area contributed by atoms with Crippen LogP contribution >= 0.6 is 0 Å². The van der Waals surface area contributed by atoms with E-state index in [1.807, 2.05) is 0 Å². The molecule has 0 fully saturated rings. The van der Waals surface area contributed by atoms with Crippen LogP contribution in [-0.2, 0) is 9.59 Å². The van der Waals surface area contributed by atoms with Gasteiger partial charge in [-0.05, 0) is 13.8 Å². The summed E-state index contributed by atoms with van der Waals surface area (Å²) in [5.74, 6) is -2.37. The molecule has 0 aliphatic rings. The van der Waals surface area contributed by atoms with E-state index in [1.54, 1.807) is 0 Å². The van der Waals surface area contributed by atoms with Gasteiger partial charge in [-0.3, -0.25) is 0 Å². The zero-order chi connectivity index (χ0) is 10.3. The fourth-order valence-corrected chi connectivity index (χ4v) is 0. The molecule has 2 atom stereocenters. The summed E-state index contributed by atoms with van der Waals surface area (Å²) in [5, 5.41) is 31.5. The fraction of sp³-hybridized carbons (Fsp3) is 0.667. The van der Waals surface area contributed by atoms with Crippen LogP contribution in [0.2, 0.25) is 0 Å². The monoisotopic (exact) mass is 260 g/mol. The summed E-state index contributed by atoms with van der Waals surface area (Å²) in [6.45, 7) is 2.39. The van der Waals surface area contributed by atoms with Gasteiger partial charge in [0.15, 0.2) is 0 Å². The average molecular weight is 260 g/mol. The van der Waals surface area contributed by atoms with Crippen LogP contribution in [0.15, 0.2) is 0 Å². The average Bonchev–Trinajstić information content (AvgIpc) is 1.88. The second-order valence-electron chi connectivity index (χ2n) is 2.03. The predicted octanol–water partition coefficient (Wildman–Crippen LogP) is -1.86. The first-order valence-electron chi connectivity index (χ1n) is 3.10. The van der Waals surface area contributed by atoms with E-state index in [-0.39, 0.29) is 75.5 Å². The molecule has 14 heavy (non-hydrogen) atoms. The van der Waals surface area contributed by atoms with Crippen molar-refractivity contribution in [2.75, 3.05) is 0 Å².